The minimum absolute atomic E-state index is 0.0995. The van der Waals surface area contributed by atoms with Crippen LogP contribution in [-0.2, 0) is 10.8 Å². The van der Waals surface area contributed by atoms with Crippen LogP contribution in [0.4, 0.5) is 0 Å². The van der Waals surface area contributed by atoms with Gasteiger partial charge in [-0.25, -0.2) is 0 Å². The lowest BCUT2D eigenvalue weighted by Gasteiger charge is -2.28. The Labute approximate surface area is 264 Å². The first kappa shape index (κ1) is 26.2. The summed E-state index contributed by atoms with van der Waals surface area (Å²) >= 11 is 0. The maximum absolute atomic E-state index is 4.63. The summed E-state index contributed by atoms with van der Waals surface area (Å²) in [4.78, 5) is 4.63. The molecule has 0 spiro atoms. The van der Waals surface area contributed by atoms with Crippen molar-refractivity contribution in [3.8, 4) is 28.1 Å². The van der Waals surface area contributed by atoms with Crippen molar-refractivity contribution in [3.63, 3.8) is 0 Å². The predicted molar refractivity (Wildman–Crippen MR) is 189 cm³/mol. The van der Waals surface area contributed by atoms with E-state index in [1.54, 1.807) is 0 Å². The summed E-state index contributed by atoms with van der Waals surface area (Å²) in [5, 5.41) is 2.56. The van der Waals surface area contributed by atoms with Gasteiger partial charge in [-0.2, -0.15) is 0 Å². The summed E-state index contributed by atoms with van der Waals surface area (Å²) in [6, 6.07) is 46.7. The fraction of sp³-hybridized carbons (Fsp3) is 0.140. The zero-order chi connectivity index (χ0) is 30.5. The lowest BCUT2D eigenvalue weighted by Crippen LogP contribution is -2.19. The Morgan fingerprint density at radius 1 is 0.489 bits per heavy atom. The molecule has 2 aromatic heterocycles. The van der Waals surface area contributed by atoms with Gasteiger partial charge in [0.2, 0.25) is 0 Å². The molecule has 0 N–H and O–H groups in total. The van der Waals surface area contributed by atoms with Crippen LogP contribution in [0.5, 0.6) is 0 Å². The number of pyridine rings is 1. The fourth-order valence-corrected chi connectivity index (χ4v) is 8.28. The lowest BCUT2D eigenvalue weighted by molar-refractivity contribution is 0.694. The summed E-state index contributed by atoms with van der Waals surface area (Å²) in [7, 11) is 0. The van der Waals surface area contributed by atoms with E-state index in [0.29, 0.717) is 0 Å². The first-order valence-corrected chi connectivity index (χ1v) is 15.9. The van der Waals surface area contributed by atoms with Crippen molar-refractivity contribution >= 4 is 33.0 Å². The molecule has 0 radical (unpaired) electrons. The highest BCUT2D eigenvalue weighted by Gasteiger charge is 2.49. The third kappa shape index (κ3) is 3.60. The van der Waals surface area contributed by atoms with Crippen molar-refractivity contribution in [2.24, 2.45) is 0 Å². The number of hydrogen-bond acceptors (Lipinski definition) is 1. The van der Waals surface area contributed by atoms with Gasteiger partial charge in [-0.15, -0.1) is 0 Å². The van der Waals surface area contributed by atoms with E-state index in [1.165, 1.54) is 77.6 Å². The van der Waals surface area contributed by atoms with Crippen LogP contribution >= 0.6 is 0 Å². The first-order valence-electron chi connectivity index (χ1n) is 15.9. The molecule has 216 valence electrons. The van der Waals surface area contributed by atoms with Crippen LogP contribution < -0.4 is 0 Å². The number of allylic oxidation sites excluding steroid dienone is 2. The largest absolute Gasteiger partial charge is 0.309 e. The fourth-order valence-electron chi connectivity index (χ4n) is 8.28. The molecule has 2 aliphatic carbocycles. The average molecular weight is 579 g/mol. The van der Waals surface area contributed by atoms with Crippen molar-refractivity contribution < 1.29 is 0 Å². The summed E-state index contributed by atoms with van der Waals surface area (Å²) in [5.74, 6) is 0. The molecule has 0 unspecified atom stereocenters. The SMILES string of the molecule is CC1(C)C2=C(c3ccc(-c4ccc5c(c4)c4ccccc4n5-c4ccccc4)cc31)C(C)(C)c1cc(-c3ccccn3)ccc12. The van der Waals surface area contributed by atoms with Gasteiger partial charge in [0, 0.05) is 39.1 Å². The van der Waals surface area contributed by atoms with E-state index in [0.717, 1.165) is 5.69 Å². The average Bonchev–Trinajstić information content (AvgIpc) is 3.63. The minimum atomic E-state index is -0.108. The third-order valence-electron chi connectivity index (χ3n) is 10.4. The monoisotopic (exact) mass is 578 g/mol. The second kappa shape index (κ2) is 9.15. The van der Waals surface area contributed by atoms with Crippen LogP contribution in [0.1, 0.15) is 49.9 Å². The standard InChI is InChI=1S/C43H34N2/c1-42(2)35-25-28(27-19-22-39-34(24-27)31-14-8-9-16-38(31)45(39)30-12-6-5-7-13-30)17-20-32(35)40-41(42)33-21-18-29(26-36(33)43(40,3)4)37-15-10-11-23-44-37/h5-26H,1-4H3. The molecule has 0 aliphatic heterocycles. The van der Waals surface area contributed by atoms with Gasteiger partial charge in [-0.3, -0.25) is 4.98 Å². The topological polar surface area (TPSA) is 17.8 Å². The van der Waals surface area contributed by atoms with Crippen LogP contribution in [0.2, 0.25) is 0 Å². The number of fused-ring (bicyclic) bond motifs is 7. The van der Waals surface area contributed by atoms with Crippen molar-refractivity contribution in [2.75, 3.05) is 0 Å². The maximum atomic E-state index is 4.63. The molecular formula is C43H34N2. The Morgan fingerprint density at radius 3 is 1.78 bits per heavy atom. The van der Waals surface area contributed by atoms with E-state index in [2.05, 4.69) is 159 Å². The van der Waals surface area contributed by atoms with Crippen LogP contribution in [0.25, 0.3) is 61.0 Å². The normalized spacial score (nSPS) is 15.8. The Balaban J connectivity index is 1.16. The van der Waals surface area contributed by atoms with Crippen LogP contribution in [-0.4, -0.2) is 9.55 Å². The number of rotatable bonds is 3. The van der Waals surface area contributed by atoms with Crippen molar-refractivity contribution in [1.82, 2.24) is 9.55 Å². The molecular weight excluding hydrogens is 544 g/mol. The predicted octanol–water partition coefficient (Wildman–Crippen LogP) is 11.0. The van der Waals surface area contributed by atoms with Gasteiger partial charge in [-0.1, -0.05) is 100 Å². The Morgan fingerprint density at radius 2 is 1.07 bits per heavy atom. The quantitative estimate of drug-likeness (QED) is 0.204. The highest BCUT2D eigenvalue weighted by atomic mass is 15.0. The Kier molecular flexibility index (Phi) is 5.33. The minimum Gasteiger partial charge on any atom is -0.309 e. The lowest BCUT2D eigenvalue weighted by atomic mass is 9.75. The molecule has 0 bridgehead atoms. The zero-order valence-corrected chi connectivity index (χ0v) is 26.1. The maximum Gasteiger partial charge on any atom is 0.0702 e. The molecule has 7 aromatic rings. The number of benzene rings is 5. The first-order chi connectivity index (χ1) is 21.8. The van der Waals surface area contributed by atoms with Crippen molar-refractivity contribution in [2.45, 2.75) is 38.5 Å². The van der Waals surface area contributed by atoms with Crippen LogP contribution in [0, 0.1) is 0 Å². The van der Waals surface area contributed by atoms with Crippen LogP contribution in [0.15, 0.2) is 134 Å². The second-order valence-electron chi connectivity index (χ2n) is 13.7. The van der Waals surface area contributed by atoms with Gasteiger partial charge in [0.05, 0.1) is 16.7 Å². The number of hydrogen-bond donors (Lipinski definition) is 0. The van der Waals surface area contributed by atoms with Gasteiger partial charge in [0.15, 0.2) is 0 Å². The summed E-state index contributed by atoms with van der Waals surface area (Å²) in [6.07, 6.45) is 1.88. The highest BCUT2D eigenvalue weighted by molar-refractivity contribution is 6.12. The van der Waals surface area contributed by atoms with Crippen LogP contribution in [0.3, 0.4) is 0 Å². The van der Waals surface area contributed by atoms with E-state index in [4.69, 9.17) is 0 Å². The molecule has 0 amide bonds. The molecule has 45 heavy (non-hydrogen) atoms. The summed E-state index contributed by atoms with van der Waals surface area (Å²) in [5.41, 5.74) is 16.7. The van der Waals surface area contributed by atoms with Crippen molar-refractivity contribution in [1.29, 1.82) is 0 Å². The van der Waals surface area contributed by atoms with Gasteiger partial charge < -0.3 is 4.57 Å². The molecule has 0 saturated heterocycles. The molecule has 0 saturated carbocycles. The van der Waals surface area contributed by atoms with E-state index < -0.39 is 0 Å². The molecule has 2 heterocycles. The molecule has 2 aliphatic rings. The summed E-state index contributed by atoms with van der Waals surface area (Å²) in [6.45, 7) is 9.61. The number of para-hydroxylation sites is 2. The molecule has 0 atom stereocenters. The summed E-state index contributed by atoms with van der Waals surface area (Å²) < 4.78 is 2.38. The Hall–Kier alpha value is -5.21. The zero-order valence-electron chi connectivity index (χ0n) is 26.1. The second-order valence-corrected chi connectivity index (χ2v) is 13.7. The Bertz CT molecular complexity index is 2350. The van der Waals surface area contributed by atoms with Crippen molar-refractivity contribution in [3.05, 3.63) is 156 Å². The number of nitrogens with zero attached hydrogens (tertiary/aromatic N) is 2. The van der Waals surface area contributed by atoms with E-state index in [9.17, 15) is 0 Å². The third-order valence-corrected chi connectivity index (χ3v) is 10.4. The molecule has 0 fully saturated rings. The van der Waals surface area contributed by atoms with E-state index in [-0.39, 0.29) is 10.8 Å². The van der Waals surface area contributed by atoms with Gasteiger partial charge in [0.1, 0.15) is 0 Å². The van der Waals surface area contributed by atoms with E-state index >= 15 is 0 Å². The molecule has 2 nitrogen and oxygen atoms in total. The number of aromatic nitrogens is 2. The van der Waals surface area contributed by atoms with Gasteiger partial charge in [-0.05, 0) is 99.1 Å². The molecule has 9 rings (SSSR count). The van der Waals surface area contributed by atoms with Gasteiger partial charge >= 0.3 is 0 Å². The molecule has 5 aromatic carbocycles. The highest BCUT2D eigenvalue weighted by Crippen LogP contribution is 2.63. The van der Waals surface area contributed by atoms with E-state index in [1.807, 2.05) is 12.3 Å². The smallest absolute Gasteiger partial charge is 0.0702 e. The molecule has 2 heteroatoms. The van der Waals surface area contributed by atoms with Gasteiger partial charge in [0.25, 0.3) is 0 Å².